The Hall–Kier alpha value is -0.315. The van der Waals surface area contributed by atoms with Crippen LogP contribution in [0.1, 0.15) is 41.5 Å². The smallest absolute Gasteiger partial charge is 0.113 e. The molecule has 0 aromatic carbocycles. The highest BCUT2D eigenvalue weighted by molar-refractivity contribution is 6.13. The second-order valence-electron chi connectivity index (χ2n) is 7.52. The zero-order chi connectivity index (χ0) is 14.8. The van der Waals surface area contributed by atoms with Gasteiger partial charge < -0.3 is 14.6 Å². The summed E-state index contributed by atoms with van der Waals surface area (Å²) in [5, 5.41) is 10.4. The van der Waals surface area contributed by atoms with E-state index in [-0.39, 0.29) is 29.0 Å². The molecule has 1 aliphatic carbocycles. The molecule has 4 heteroatoms. The van der Waals surface area contributed by atoms with E-state index in [4.69, 9.17) is 9.47 Å². The van der Waals surface area contributed by atoms with Crippen molar-refractivity contribution in [2.45, 2.75) is 70.8 Å². The minimum Gasteiger partial charge on any atom is -0.391 e. The fourth-order valence-corrected chi connectivity index (χ4v) is 2.16. The Bertz CT molecular complexity index is 314. The first-order valence-corrected chi connectivity index (χ1v) is 7.18. The van der Waals surface area contributed by atoms with Crippen molar-refractivity contribution < 1.29 is 14.6 Å². The summed E-state index contributed by atoms with van der Waals surface area (Å²) in [6.45, 7) is 12.7. The van der Waals surface area contributed by atoms with Crippen molar-refractivity contribution in [1.29, 1.82) is 0 Å². The Labute approximate surface area is 118 Å². The lowest BCUT2D eigenvalue weighted by Crippen LogP contribution is -2.46. The fraction of sp³-hybridized carbons (Fsp3) is 0.867. The maximum Gasteiger partial charge on any atom is 0.113 e. The van der Waals surface area contributed by atoms with Gasteiger partial charge in [-0.3, -0.25) is 0 Å². The number of aliphatic hydroxyl groups is 1. The standard InChI is InChI=1S/C15H29BO3/c1-14(2,3)18-9-10-7-8-11(16)12(17)13(10)19-15(4,5)6/h7-8,10-13,17H,9,16H2,1-6H3/t10-,11-,12+,13-/m1/s1. The Morgan fingerprint density at radius 2 is 1.63 bits per heavy atom. The summed E-state index contributed by atoms with van der Waals surface area (Å²) < 4.78 is 11.9. The van der Waals surface area contributed by atoms with Crippen LogP contribution in [0.2, 0.25) is 5.82 Å². The Morgan fingerprint density at radius 3 is 2.11 bits per heavy atom. The Morgan fingerprint density at radius 1 is 1.05 bits per heavy atom. The molecule has 4 atom stereocenters. The first-order chi connectivity index (χ1) is 8.49. The van der Waals surface area contributed by atoms with Crippen LogP contribution in [-0.2, 0) is 9.47 Å². The highest BCUT2D eigenvalue weighted by Gasteiger charge is 2.37. The number of aliphatic hydroxyl groups excluding tert-OH is 1. The van der Waals surface area contributed by atoms with E-state index in [1.54, 1.807) is 0 Å². The Kier molecular flexibility index (Phi) is 5.27. The van der Waals surface area contributed by atoms with E-state index < -0.39 is 6.10 Å². The average molecular weight is 268 g/mol. The van der Waals surface area contributed by atoms with Gasteiger partial charge in [-0.2, -0.15) is 0 Å². The third-order valence-corrected chi connectivity index (χ3v) is 3.16. The van der Waals surface area contributed by atoms with Gasteiger partial charge in [0.2, 0.25) is 0 Å². The zero-order valence-corrected chi connectivity index (χ0v) is 13.4. The third-order valence-electron chi connectivity index (χ3n) is 3.16. The van der Waals surface area contributed by atoms with Crippen LogP contribution in [0.3, 0.4) is 0 Å². The van der Waals surface area contributed by atoms with Gasteiger partial charge in [0, 0.05) is 5.92 Å². The van der Waals surface area contributed by atoms with Gasteiger partial charge in [0.1, 0.15) is 7.85 Å². The molecule has 0 saturated heterocycles. The number of hydrogen-bond donors (Lipinski definition) is 1. The molecule has 1 aliphatic rings. The quantitative estimate of drug-likeness (QED) is 0.628. The summed E-state index contributed by atoms with van der Waals surface area (Å²) >= 11 is 0. The summed E-state index contributed by atoms with van der Waals surface area (Å²) in [4.78, 5) is 0. The van der Waals surface area contributed by atoms with Crippen LogP contribution in [0, 0.1) is 5.92 Å². The topological polar surface area (TPSA) is 38.7 Å². The summed E-state index contributed by atoms with van der Waals surface area (Å²) in [6.07, 6.45) is 3.50. The predicted octanol–water partition coefficient (Wildman–Crippen LogP) is 1.95. The maximum atomic E-state index is 10.4. The fourth-order valence-electron chi connectivity index (χ4n) is 2.16. The summed E-state index contributed by atoms with van der Waals surface area (Å²) in [7, 11) is 2.01. The molecule has 0 amide bonds. The molecule has 0 bridgehead atoms. The first-order valence-electron chi connectivity index (χ1n) is 7.18. The molecule has 1 N–H and O–H groups in total. The van der Waals surface area contributed by atoms with Crippen molar-refractivity contribution in [1.82, 2.24) is 0 Å². The van der Waals surface area contributed by atoms with Crippen LogP contribution in [0.15, 0.2) is 12.2 Å². The molecular weight excluding hydrogens is 239 g/mol. The van der Waals surface area contributed by atoms with Gasteiger partial charge in [-0.25, -0.2) is 0 Å². The van der Waals surface area contributed by atoms with E-state index in [0.29, 0.717) is 6.61 Å². The van der Waals surface area contributed by atoms with Crippen LogP contribution in [0.4, 0.5) is 0 Å². The monoisotopic (exact) mass is 268 g/mol. The van der Waals surface area contributed by atoms with Crippen molar-refractivity contribution in [2.75, 3.05) is 6.61 Å². The van der Waals surface area contributed by atoms with Crippen molar-refractivity contribution >= 4 is 7.85 Å². The van der Waals surface area contributed by atoms with E-state index in [2.05, 4.69) is 12.2 Å². The van der Waals surface area contributed by atoms with Crippen LogP contribution >= 0.6 is 0 Å². The summed E-state index contributed by atoms with van der Waals surface area (Å²) in [5.41, 5.74) is -0.440. The van der Waals surface area contributed by atoms with E-state index in [9.17, 15) is 5.11 Å². The van der Waals surface area contributed by atoms with Gasteiger partial charge in [-0.1, -0.05) is 12.2 Å². The molecule has 0 aromatic heterocycles. The molecule has 0 fully saturated rings. The molecule has 19 heavy (non-hydrogen) atoms. The minimum absolute atomic E-state index is 0.102. The molecule has 0 saturated carbocycles. The highest BCUT2D eigenvalue weighted by Crippen LogP contribution is 2.31. The molecule has 3 nitrogen and oxygen atoms in total. The van der Waals surface area contributed by atoms with Crippen molar-refractivity contribution in [3.63, 3.8) is 0 Å². The molecule has 110 valence electrons. The lowest BCUT2D eigenvalue weighted by Gasteiger charge is -2.40. The van der Waals surface area contributed by atoms with E-state index in [1.807, 2.05) is 49.4 Å². The van der Waals surface area contributed by atoms with Crippen LogP contribution in [0.25, 0.3) is 0 Å². The maximum absolute atomic E-state index is 10.4. The predicted molar refractivity (Wildman–Crippen MR) is 81.3 cm³/mol. The molecule has 0 radical (unpaired) electrons. The van der Waals surface area contributed by atoms with Gasteiger partial charge in [-0.05, 0) is 47.4 Å². The largest absolute Gasteiger partial charge is 0.391 e. The van der Waals surface area contributed by atoms with Gasteiger partial charge in [0.25, 0.3) is 0 Å². The number of rotatable bonds is 3. The third kappa shape index (κ3) is 5.68. The SMILES string of the molecule is B[C@@H]1C=C[C@H](COC(C)(C)C)[C@@H](OC(C)(C)C)[C@H]1O. The second kappa shape index (κ2) is 5.98. The summed E-state index contributed by atoms with van der Waals surface area (Å²) in [6, 6.07) is 0. The van der Waals surface area contributed by atoms with Gasteiger partial charge >= 0.3 is 0 Å². The lowest BCUT2D eigenvalue weighted by molar-refractivity contribution is -0.145. The molecule has 1 rings (SSSR count). The van der Waals surface area contributed by atoms with E-state index in [0.717, 1.165) is 0 Å². The minimum atomic E-state index is -0.474. The van der Waals surface area contributed by atoms with Crippen LogP contribution in [-0.4, -0.2) is 43.0 Å². The van der Waals surface area contributed by atoms with Gasteiger partial charge in [0.05, 0.1) is 30.0 Å². The number of ether oxygens (including phenoxy) is 2. The van der Waals surface area contributed by atoms with Crippen LogP contribution in [0.5, 0.6) is 0 Å². The van der Waals surface area contributed by atoms with E-state index in [1.165, 1.54) is 0 Å². The molecule has 0 unspecified atom stereocenters. The lowest BCUT2D eigenvalue weighted by atomic mass is 9.73. The van der Waals surface area contributed by atoms with Crippen LogP contribution < -0.4 is 0 Å². The van der Waals surface area contributed by atoms with Gasteiger partial charge in [0.15, 0.2) is 0 Å². The normalized spacial score (nSPS) is 32.6. The second-order valence-corrected chi connectivity index (χ2v) is 7.52. The highest BCUT2D eigenvalue weighted by atomic mass is 16.5. The first kappa shape index (κ1) is 16.7. The molecule has 0 aliphatic heterocycles. The Balaban J connectivity index is 2.77. The van der Waals surface area contributed by atoms with Gasteiger partial charge in [-0.15, -0.1) is 0 Å². The summed E-state index contributed by atoms with van der Waals surface area (Å²) in [5.74, 6) is 0.225. The average Bonchev–Trinajstić information content (AvgIpc) is 2.21. The molecular formula is C15H29BO3. The van der Waals surface area contributed by atoms with E-state index >= 15 is 0 Å². The molecule has 0 spiro atoms. The van der Waals surface area contributed by atoms with Crippen molar-refractivity contribution in [3.8, 4) is 0 Å². The molecule has 0 aromatic rings. The zero-order valence-electron chi connectivity index (χ0n) is 13.4. The van der Waals surface area contributed by atoms with Crippen molar-refractivity contribution in [3.05, 3.63) is 12.2 Å². The molecule has 0 heterocycles. The van der Waals surface area contributed by atoms with Crippen molar-refractivity contribution in [2.24, 2.45) is 5.92 Å². The number of hydrogen-bond acceptors (Lipinski definition) is 3.